The minimum Gasteiger partial charge on any atom is -0.486 e. The maximum Gasteiger partial charge on any atom is 0.274 e. The number of nitrogens with zero attached hydrogens (tertiary/aromatic N) is 4. The summed E-state index contributed by atoms with van der Waals surface area (Å²) in [5, 5.41) is 2.62. The normalized spacial score (nSPS) is 19.3. The van der Waals surface area contributed by atoms with E-state index < -0.39 is 0 Å². The summed E-state index contributed by atoms with van der Waals surface area (Å²) in [6.45, 7) is 4.76. The number of hydrogen-bond acceptors (Lipinski definition) is 8. The van der Waals surface area contributed by atoms with Crippen molar-refractivity contribution in [3.8, 4) is 11.5 Å². The number of hydrogen-bond donors (Lipinski definition) is 1. The Balaban J connectivity index is 0.00000210. The third kappa shape index (κ3) is 4.26. The van der Waals surface area contributed by atoms with Crippen LogP contribution in [0.3, 0.4) is 0 Å². The largest absolute Gasteiger partial charge is 0.486 e. The highest BCUT2D eigenvalue weighted by Gasteiger charge is 2.28. The van der Waals surface area contributed by atoms with Crippen LogP contribution in [0, 0.1) is 0 Å². The molecule has 10 heteroatoms. The van der Waals surface area contributed by atoms with Crippen LogP contribution in [0.15, 0.2) is 24.3 Å². The molecule has 1 N–H and O–H groups in total. The van der Waals surface area contributed by atoms with Gasteiger partial charge in [0.1, 0.15) is 12.7 Å². The second-order valence-corrected chi connectivity index (χ2v) is 6.83. The van der Waals surface area contributed by atoms with Crippen molar-refractivity contribution >= 4 is 35.9 Å². The number of piperazine rings is 1. The van der Waals surface area contributed by atoms with Crippen molar-refractivity contribution in [1.29, 1.82) is 0 Å². The van der Waals surface area contributed by atoms with E-state index in [9.17, 15) is 4.79 Å². The predicted octanol–water partition coefficient (Wildman–Crippen LogP) is 1.28. The molecule has 0 bridgehead atoms. The Labute approximate surface area is 168 Å². The molecule has 27 heavy (non-hydrogen) atoms. The number of fused-ring (bicyclic) bond motifs is 1. The molecule has 3 heterocycles. The average molecular weight is 412 g/mol. The molecule has 2 aliphatic heterocycles. The average Bonchev–Trinajstić information content (AvgIpc) is 3.18. The molecule has 1 amide bonds. The minimum absolute atomic E-state index is 0. The van der Waals surface area contributed by atoms with Gasteiger partial charge in [-0.1, -0.05) is 12.1 Å². The Hall–Kier alpha value is -2.10. The molecule has 146 valence electrons. The Bertz CT molecular complexity index is 781. The van der Waals surface area contributed by atoms with Gasteiger partial charge in [0, 0.05) is 39.8 Å². The lowest BCUT2D eigenvalue weighted by atomic mass is 10.2. The highest BCUT2D eigenvalue weighted by molar-refractivity contribution is 6.99. The molecule has 0 unspecified atom stereocenters. The van der Waals surface area contributed by atoms with E-state index in [2.05, 4.69) is 23.9 Å². The maximum atomic E-state index is 11.9. The van der Waals surface area contributed by atoms with Gasteiger partial charge >= 0.3 is 0 Å². The van der Waals surface area contributed by atoms with Crippen molar-refractivity contribution in [2.75, 3.05) is 51.3 Å². The molecule has 0 spiro atoms. The summed E-state index contributed by atoms with van der Waals surface area (Å²) in [7, 11) is 1.60. The SMILES string of the molecule is CNC(=O)c1nsnc1N1CCN(C[C@H]2COc3ccccc3O2)CC1.Cl. The monoisotopic (exact) mass is 411 g/mol. The molecular formula is C17H22ClN5O3S. The summed E-state index contributed by atoms with van der Waals surface area (Å²) < 4.78 is 20.3. The van der Waals surface area contributed by atoms with E-state index in [1.54, 1.807) is 7.05 Å². The molecule has 1 atom stereocenters. The molecule has 2 aromatic rings. The molecule has 2 aliphatic rings. The Morgan fingerprint density at radius 2 is 1.96 bits per heavy atom. The summed E-state index contributed by atoms with van der Waals surface area (Å²) in [6, 6.07) is 7.77. The smallest absolute Gasteiger partial charge is 0.274 e. The minimum atomic E-state index is -0.192. The quantitative estimate of drug-likeness (QED) is 0.811. The number of anilines is 1. The zero-order chi connectivity index (χ0) is 17.9. The fourth-order valence-corrected chi connectivity index (χ4v) is 3.80. The summed E-state index contributed by atoms with van der Waals surface area (Å²) in [5.41, 5.74) is 0.409. The van der Waals surface area contributed by atoms with Crippen LogP contribution in [0.5, 0.6) is 11.5 Å². The number of nitrogens with one attached hydrogen (secondary N) is 1. The van der Waals surface area contributed by atoms with Gasteiger partial charge in [-0.15, -0.1) is 12.4 Å². The van der Waals surface area contributed by atoms with Gasteiger partial charge in [-0.2, -0.15) is 8.75 Å². The zero-order valence-electron chi connectivity index (χ0n) is 15.0. The van der Waals surface area contributed by atoms with Crippen molar-refractivity contribution in [2.24, 2.45) is 0 Å². The first-order chi connectivity index (χ1) is 12.7. The van der Waals surface area contributed by atoms with Gasteiger partial charge in [-0.25, -0.2) is 0 Å². The van der Waals surface area contributed by atoms with Crippen LogP contribution >= 0.6 is 24.1 Å². The van der Waals surface area contributed by atoms with Crippen LogP contribution in [-0.2, 0) is 0 Å². The third-order valence-electron chi connectivity index (χ3n) is 4.61. The number of rotatable bonds is 4. The Morgan fingerprint density at radius 3 is 2.70 bits per heavy atom. The van der Waals surface area contributed by atoms with E-state index in [0.717, 1.165) is 56.0 Å². The van der Waals surface area contributed by atoms with Gasteiger partial charge in [-0.3, -0.25) is 9.69 Å². The topological polar surface area (TPSA) is 79.8 Å². The van der Waals surface area contributed by atoms with Crippen LogP contribution in [0.25, 0.3) is 0 Å². The van der Waals surface area contributed by atoms with E-state index in [-0.39, 0.29) is 24.4 Å². The number of para-hydroxylation sites is 2. The van der Waals surface area contributed by atoms with Crippen LogP contribution < -0.4 is 19.7 Å². The van der Waals surface area contributed by atoms with Crippen molar-refractivity contribution in [2.45, 2.75) is 6.10 Å². The van der Waals surface area contributed by atoms with E-state index in [1.165, 1.54) is 0 Å². The van der Waals surface area contributed by atoms with Crippen molar-refractivity contribution in [3.63, 3.8) is 0 Å². The Kier molecular flexibility index (Phi) is 6.35. The summed E-state index contributed by atoms with van der Waals surface area (Å²) in [5.74, 6) is 2.11. The first-order valence-corrected chi connectivity index (χ1v) is 9.38. The van der Waals surface area contributed by atoms with Crippen LogP contribution in [-0.4, -0.2) is 72.0 Å². The maximum absolute atomic E-state index is 11.9. The van der Waals surface area contributed by atoms with E-state index >= 15 is 0 Å². The lowest BCUT2D eigenvalue weighted by molar-refractivity contribution is 0.0571. The van der Waals surface area contributed by atoms with Gasteiger partial charge < -0.3 is 19.7 Å². The third-order valence-corrected chi connectivity index (χ3v) is 5.13. The number of halogens is 1. The molecule has 1 saturated heterocycles. The number of benzene rings is 1. The van der Waals surface area contributed by atoms with Crippen molar-refractivity contribution in [1.82, 2.24) is 19.0 Å². The number of ether oxygens (including phenoxy) is 2. The summed E-state index contributed by atoms with van der Waals surface area (Å²) in [4.78, 5) is 16.4. The van der Waals surface area contributed by atoms with E-state index in [4.69, 9.17) is 9.47 Å². The molecule has 8 nitrogen and oxygen atoms in total. The fourth-order valence-electron chi connectivity index (χ4n) is 3.24. The fraction of sp³-hybridized carbons (Fsp3) is 0.471. The molecule has 1 aromatic carbocycles. The number of carbonyl (C=O) groups is 1. The zero-order valence-corrected chi connectivity index (χ0v) is 16.6. The molecule has 1 aromatic heterocycles. The first-order valence-electron chi connectivity index (χ1n) is 8.65. The number of carbonyl (C=O) groups excluding carboxylic acids is 1. The predicted molar refractivity (Wildman–Crippen MR) is 106 cm³/mol. The van der Waals surface area contributed by atoms with Crippen LogP contribution in [0.2, 0.25) is 0 Å². The molecular weight excluding hydrogens is 390 g/mol. The summed E-state index contributed by atoms with van der Waals surface area (Å²) in [6.07, 6.45) is 0.0267. The van der Waals surface area contributed by atoms with Crippen molar-refractivity contribution in [3.05, 3.63) is 30.0 Å². The second-order valence-electron chi connectivity index (χ2n) is 6.30. The lowest BCUT2D eigenvalue weighted by Crippen LogP contribution is -2.51. The highest BCUT2D eigenvalue weighted by atomic mass is 35.5. The van der Waals surface area contributed by atoms with E-state index in [1.807, 2.05) is 24.3 Å². The Morgan fingerprint density at radius 1 is 1.22 bits per heavy atom. The van der Waals surface area contributed by atoms with Gasteiger partial charge in [0.2, 0.25) is 0 Å². The second kappa shape index (κ2) is 8.73. The highest BCUT2D eigenvalue weighted by Crippen LogP contribution is 2.31. The van der Waals surface area contributed by atoms with Crippen molar-refractivity contribution < 1.29 is 14.3 Å². The number of aromatic nitrogens is 2. The van der Waals surface area contributed by atoms with Gasteiger partial charge in [0.05, 0.1) is 11.7 Å². The van der Waals surface area contributed by atoms with Gasteiger partial charge in [0.15, 0.2) is 23.0 Å². The molecule has 0 radical (unpaired) electrons. The lowest BCUT2D eigenvalue weighted by Gasteiger charge is -2.37. The van der Waals surface area contributed by atoms with Crippen LogP contribution in [0.4, 0.5) is 5.82 Å². The molecule has 1 fully saturated rings. The molecule has 0 saturated carbocycles. The number of amides is 1. The van der Waals surface area contributed by atoms with Gasteiger partial charge in [-0.05, 0) is 12.1 Å². The van der Waals surface area contributed by atoms with Crippen LogP contribution in [0.1, 0.15) is 10.5 Å². The molecule has 4 rings (SSSR count). The molecule has 0 aliphatic carbocycles. The standard InChI is InChI=1S/C17H21N5O3S.ClH/c1-18-17(23)15-16(20-26-19-15)22-8-6-21(7-9-22)10-12-11-24-13-4-2-3-5-14(13)25-12;/h2-5,12H,6-11H2,1H3,(H,18,23);1H/t12-;/m0./s1. The first kappa shape index (κ1) is 19.7. The summed E-state index contributed by atoms with van der Waals surface area (Å²) >= 11 is 1.07. The van der Waals surface area contributed by atoms with E-state index in [0.29, 0.717) is 18.1 Å². The van der Waals surface area contributed by atoms with Gasteiger partial charge in [0.25, 0.3) is 5.91 Å².